The molecule has 102 valence electrons. The van der Waals surface area contributed by atoms with Gasteiger partial charge in [-0.15, -0.1) is 11.3 Å². The molecule has 0 aliphatic heterocycles. The second kappa shape index (κ2) is 5.01. The Balaban J connectivity index is 1.88. The summed E-state index contributed by atoms with van der Waals surface area (Å²) in [7, 11) is 0. The summed E-state index contributed by atoms with van der Waals surface area (Å²) in [5.74, 6) is 0.141. The number of aryl methyl sites for hydroxylation is 1. The van der Waals surface area contributed by atoms with Crippen molar-refractivity contribution in [2.45, 2.75) is 13.3 Å². The van der Waals surface area contributed by atoms with Crippen LogP contribution in [0.5, 0.6) is 0 Å². The lowest BCUT2D eigenvalue weighted by Crippen LogP contribution is -1.92. The Bertz CT molecular complexity index is 752. The maximum absolute atomic E-state index is 13.7. The standard InChI is InChI=1S/C13H11FN4OS/c1-7-16-9(6-20-7)5-12-17-13(19-18-12)10-4-8(15)2-3-11(10)14/h2-4,6H,5,15H2,1H3. The number of hydrogen-bond acceptors (Lipinski definition) is 6. The number of benzene rings is 1. The van der Waals surface area contributed by atoms with Gasteiger partial charge in [0.1, 0.15) is 5.82 Å². The van der Waals surface area contributed by atoms with Crippen LogP contribution in [0.4, 0.5) is 10.1 Å². The van der Waals surface area contributed by atoms with E-state index in [1.54, 1.807) is 11.3 Å². The van der Waals surface area contributed by atoms with Crippen LogP contribution in [0, 0.1) is 12.7 Å². The molecule has 0 aliphatic rings. The number of nitrogens with two attached hydrogens (primary N) is 1. The SMILES string of the molecule is Cc1nc(Cc2noc(-c3cc(N)ccc3F)n2)cs1. The van der Waals surface area contributed by atoms with Crippen LogP contribution in [-0.2, 0) is 6.42 Å². The van der Waals surface area contributed by atoms with Crippen LogP contribution in [0.15, 0.2) is 28.1 Å². The highest BCUT2D eigenvalue weighted by Crippen LogP contribution is 2.24. The maximum Gasteiger partial charge on any atom is 0.260 e. The van der Waals surface area contributed by atoms with Crippen molar-refractivity contribution in [2.75, 3.05) is 5.73 Å². The van der Waals surface area contributed by atoms with Gasteiger partial charge >= 0.3 is 0 Å². The molecule has 5 nitrogen and oxygen atoms in total. The van der Waals surface area contributed by atoms with Crippen molar-refractivity contribution in [3.63, 3.8) is 0 Å². The third kappa shape index (κ3) is 2.53. The number of nitrogens with zero attached hydrogens (tertiary/aromatic N) is 3. The van der Waals surface area contributed by atoms with Gasteiger partial charge in [0.2, 0.25) is 0 Å². The van der Waals surface area contributed by atoms with Crippen LogP contribution in [0.3, 0.4) is 0 Å². The number of aromatic nitrogens is 3. The first-order chi connectivity index (χ1) is 9.61. The summed E-state index contributed by atoms with van der Waals surface area (Å²) >= 11 is 1.56. The summed E-state index contributed by atoms with van der Waals surface area (Å²) in [5.41, 5.74) is 7.15. The van der Waals surface area contributed by atoms with Gasteiger partial charge in [-0.05, 0) is 25.1 Å². The number of nitrogen functional groups attached to an aromatic ring is 1. The van der Waals surface area contributed by atoms with E-state index in [1.165, 1.54) is 18.2 Å². The summed E-state index contributed by atoms with van der Waals surface area (Å²) in [6.45, 7) is 1.93. The van der Waals surface area contributed by atoms with Gasteiger partial charge in [0, 0.05) is 11.1 Å². The van der Waals surface area contributed by atoms with Gasteiger partial charge in [0.05, 0.1) is 22.7 Å². The second-order valence-corrected chi connectivity index (χ2v) is 5.35. The molecule has 0 radical (unpaired) electrons. The first-order valence-electron chi connectivity index (χ1n) is 5.91. The molecule has 0 unspecified atom stereocenters. The van der Waals surface area contributed by atoms with Gasteiger partial charge in [0.15, 0.2) is 5.82 Å². The number of thiazole rings is 1. The van der Waals surface area contributed by atoms with E-state index < -0.39 is 5.82 Å². The van der Waals surface area contributed by atoms with Gasteiger partial charge in [-0.1, -0.05) is 5.16 Å². The van der Waals surface area contributed by atoms with Crippen molar-refractivity contribution >= 4 is 17.0 Å². The monoisotopic (exact) mass is 290 g/mol. The molecular weight excluding hydrogens is 279 g/mol. The molecule has 2 aromatic heterocycles. The fraction of sp³-hybridized carbons (Fsp3) is 0.154. The molecule has 0 spiro atoms. The van der Waals surface area contributed by atoms with Gasteiger partial charge < -0.3 is 10.3 Å². The molecule has 7 heteroatoms. The van der Waals surface area contributed by atoms with Crippen LogP contribution >= 0.6 is 11.3 Å². The Kier molecular flexibility index (Phi) is 3.19. The van der Waals surface area contributed by atoms with Gasteiger partial charge in [-0.25, -0.2) is 9.37 Å². The first-order valence-corrected chi connectivity index (χ1v) is 6.79. The molecule has 0 atom stereocenters. The van der Waals surface area contributed by atoms with E-state index in [1.807, 2.05) is 12.3 Å². The normalized spacial score (nSPS) is 10.9. The molecule has 0 saturated heterocycles. The highest BCUT2D eigenvalue weighted by molar-refractivity contribution is 7.09. The zero-order chi connectivity index (χ0) is 14.1. The third-order valence-electron chi connectivity index (χ3n) is 2.69. The lowest BCUT2D eigenvalue weighted by atomic mass is 10.2. The molecule has 3 aromatic rings. The molecule has 0 amide bonds. The first kappa shape index (κ1) is 12.7. The average Bonchev–Trinajstić information content (AvgIpc) is 3.02. The number of hydrogen-bond donors (Lipinski definition) is 1. The van der Waals surface area contributed by atoms with Gasteiger partial charge in [-0.3, -0.25) is 0 Å². The summed E-state index contributed by atoms with van der Waals surface area (Å²) in [6.07, 6.45) is 0.456. The van der Waals surface area contributed by atoms with Crippen molar-refractivity contribution < 1.29 is 8.91 Å². The topological polar surface area (TPSA) is 77.8 Å². The molecule has 2 N–H and O–H groups in total. The molecule has 2 heterocycles. The second-order valence-electron chi connectivity index (χ2n) is 4.29. The summed E-state index contributed by atoms with van der Waals surface area (Å²) in [6, 6.07) is 4.23. The number of anilines is 1. The van der Waals surface area contributed by atoms with E-state index in [0.717, 1.165) is 10.7 Å². The van der Waals surface area contributed by atoms with Crippen LogP contribution in [0.2, 0.25) is 0 Å². The lowest BCUT2D eigenvalue weighted by Gasteiger charge is -1.98. The van der Waals surface area contributed by atoms with Crippen molar-refractivity contribution in [1.82, 2.24) is 15.1 Å². The van der Waals surface area contributed by atoms with Crippen molar-refractivity contribution in [3.05, 3.63) is 45.9 Å². The van der Waals surface area contributed by atoms with E-state index in [9.17, 15) is 4.39 Å². The Morgan fingerprint density at radius 2 is 2.20 bits per heavy atom. The largest absolute Gasteiger partial charge is 0.399 e. The van der Waals surface area contributed by atoms with E-state index in [0.29, 0.717) is 17.9 Å². The Morgan fingerprint density at radius 3 is 2.95 bits per heavy atom. The number of halogens is 1. The van der Waals surface area contributed by atoms with Crippen LogP contribution < -0.4 is 5.73 Å². The minimum Gasteiger partial charge on any atom is -0.399 e. The fourth-order valence-corrected chi connectivity index (χ4v) is 2.41. The maximum atomic E-state index is 13.7. The highest BCUT2D eigenvalue weighted by atomic mass is 32.1. The summed E-state index contributed by atoms with van der Waals surface area (Å²) < 4.78 is 18.8. The van der Waals surface area contributed by atoms with E-state index in [4.69, 9.17) is 10.3 Å². The van der Waals surface area contributed by atoms with Crippen LogP contribution in [-0.4, -0.2) is 15.1 Å². The van der Waals surface area contributed by atoms with E-state index in [2.05, 4.69) is 15.1 Å². The molecule has 1 aromatic carbocycles. The summed E-state index contributed by atoms with van der Waals surface area (Å²) in [5, 5.41) is 6.75. The smallest absolute Gasteiger partial charge is 0.260 e. The van der Waals surface area contributed by atoms with E-state index >= 15 is 0 Å². The molecule has 3 rings (SSSR count). The van der Waals surface area contributed by atoms with Crippen molar-refractivity contribution in [2.24, 2.45) is 0 Å². The molecule has 0 aliphatic carbocycles. The minimum absolute atomic E-state index is 0.122. The minimum atomic E-state index is -0.445. The fourth-order valence-electron chi connectivity index (χ4n) is 1.79. The zero-order valence-electron chi connectivity index (χ0n) is 10.6. The molecule has 0 bridgehead atoms. The van der Waals surface area contributed by atoms with Gasteiger partial charge in [0.25, 0.3) is 5.89 Å². The molecule has 20 heavy (non-hydrogen) atoms. The predicted octanol–water partition coefficient (Wildman–Crippen LogP) is 2.81. The Labute approximate surface area is 118 Å². The van der Waals surface area contributed by atoms with Crippen LogP contribution in [0.1, 0.15) is 16.5 Å². The Morgan fingerprint density at radius 1 is 1.35 bits per heavy atom. The number of rotatable bonds is 3. The third-order valence-corrected chi connectivity index (χ3v) is 3.52. The molecule has 0 saturated carbocycles. The van der Waals surface area contributed by atoms with Crippen molar-refractivity contribution in [3.8, 4) is 11.5 Å². The quantitative estimate of drug-likeness (QED) is 0.750. The summed E-state index contributed by atoms with van der Waals surface area (Å²) in [4.78, 5) is 8.50. The zero-order valence-corrected chi connectivity index (χ0v) is 11.4. The van der Waals surface area contributed by atoms with E-state index in [-0.39, 0.29) is 11.5 Å². The lowest BCUT2D eigenvalue weighted by molar-refractivity contribution is 0.421. The highest BCUT2D eigenvalue weighted by Gasteiger charge is 2.14. The molecule has 0 fully saturated rings. The van der Waals surface area contributed by atoms with Crippen molar-refractivity contribution in [1.29, 1.82) is 0 Å². The van der Waals surface area contributed by atoms with Crippen LogP contribution in [0.25, 0.3) is 11.5 Å². The predicted molar refractivity (Wildman–Crippen MR) is 73.8 cm³/mol. The van der Waals surface area contributed by atoms with Gasteiger partial charge in [-0.2, -0.15) is 4.98 Å². The molecular formula is C13H11FN4OS. The Hall–Kier alpha value is -2.28. The average molecular weight is 290 g/mol.